The molecular formula is C13H16N2S. The molecule has 2 N–H and O–H groups in total. The summed E-state index contributed by atoms with van der Waals surface area (Å²) in [7, 11) is 0. The Morgan fingerprint density at radius 3 is 2.69 bits per heavy atom. The fourth-order valence-corrected chi connectivity index (χ4v) is 2.68. The van der Waals surface area contributed by atoms with Crippen LogP contribution in [0, 0.1) is 6.92 Å². The standard InChI is InChI=1S/C13H16N2S/c1-3-11-13(15-12(8-14)16-11)10-7-5-4-6-9(10)2/h4-7H,3,8,14H2,1-2H3. The van der Waals surface area contributed by atoms with Crippen LogP contribution in [-0.2, 0) is 13.0 Å². The van der Waals surface area contributed by atoms with E-state index in [2.05, 4.69) is 43.1 Å². The molecule has 0 saturated heterocycles. The third-order valence-corrected chi connectivity index (χ3v) is 3.86. The summed E-state index contributed by atoms with van der Waals surface area (Å²) in [4.78, 5) is 5.95. The maximum atomic E-state index is 5.65. The summed E-state index contributed by atoms with van der Waals surface area (Å²) in [5.41, 5.74) is 9.27. The third kappa shape index (κ3) is 2.01. The van der Waals surface area contributed by atoms with Gasteiger partial charge in [-0.15, -0.1) is 11.3 Å². The normalized spacial score (nSPS) is 10.7. The maximum absolute atomic E-state index is 5.65. The minimum absolute atomic E-state index is 0.531. The monoisotopic (exact) mass is 232 g/mol. The second-order valence-corrected chi connectivity index (χ2v) is 4.92. The summed E-state index contributed by atoms with van der Waals surface area (Å²) in [5.74, 6) is 0. The van der Waals surface area contributed by atoms with E-state index >= 15 is 0 Å². The zero-order valence-electron chi connectivity index (χ0n) is 9.66. The molecule has 2 nitrogen and oxygen atoms in total. The van der Waals surface area contributed by atoms with Gasteiger partial charge in [0, 0.05) is 17.0 Å². The van der Waals surface area contributed by atoms with Gasteiger partial charge in [-0.25, -0.2) is 4.98 Å². The topological polar surface area (TPSA) is 38.9 Å². The van der Waals surface area contributed by atoms with Crippen molar-refractivity contribution in [2.24, 2.45) is 5.73 Å². The van der Waals surface area contributed by atoms with Gasteiger partial charge in [-0.3, -0.25) is 0 Å². The van der Waals surface area contributed by atoms with Gasteiger partial charge in [-0.2, -0.15) is 0 Å². The smallest absolute Gasteiger partial charge is 0.107 e. The molecule has 2 rings (SSSR count). The van der Waals surface area contributed by atoms with E-state index in [1.807, 2.05) is 0 Å². The summed E-state index contributed by atoms with van der Waals surface area (Å²) < 4.78 is 0. The average molecular weight is 232 g/mol. The predicted octanol–water partition coefficient (Wildman–Crippen LogP) is 3.14. The molecule has 0 atom stereocenters. The molecule has 0 aliphatic rings. The van der Waals surface area contributed by atoms with Gasteiger partial charge in [0.1, 0.15) is 5.01 Å². The van der Waals surface area contributed by atoms with Gasteiger partial charge in [-0.05, 0) is 18.9 Å². The molecule has 84 valence electrons. The first kappa shape index (κ1) is 11.3. The largest absolute Gasteiger partial charge is 0.325 e. The molecule has 0 radical (unpaired) electrons. The SMILES string of the molecule is CCc1sc(CN)nc1-c1ccccc1C. The first-order valence-corrected chi connectivity index (χ1v) is 6.32. The quantitative estimate of drug-likeness (QED) is 0.883. The highest BCUT2D eigenvalue weighted by atomic mass is 32.1. The Morgan fingerprint density at radius 1 is 1.31 bits per heavy atom. The van der Waals surface area contributed by atoms with Crippen LogP contribution >= 0.6 is 11.3 Å². The number of thiazole rings is 1. The second-order valence-electron chi connectivity index (χ2n) is 3.75. The Hall–Kier alpha value is -1.19. The number of benzene rings is 1. The molecule has 1 heterocycles. The molecule has 2 aromatic rings. The lowest BCUT2D eigenvalue weighted by atomic mass is 10.0. The molecule has 0 aliphatic heterocycles. The van der Waals surface area contributed by atoms with Gasteiger partial charge >= 0.3 is 0 Å². The van der Waals surface area contributed by atoms with Crippen LogP contribution in [0.2, 0.25) is 0 Å². The summed E-state index contributed by atoms with van der Waals surface area (Å²) in [6, 6.07) is 8.37. The highest BCUT2D eigenvalue weighted by Gasteiger charge is 2.12. The number of nitrogens with two attached hydrogens (primary N) is 1. The van der Waals surface area contributed by atoms with E-state index in [0.717, 1.165) is 17.1 Å². The van der Waals surface area contributed by atoms with Crippen molar-refractivity contribution in [2.75, 3.05) is 0 Å². The molecule has 0 amide bonds. The van der Waals surface area contributed by atoms with Crippen molar-refractivity contribution in [3.63, 3.8) is 0 Å². The number of hydrogen-bond acceptors (Lipinski definition) is 3. The van der Waals surface area contributed by atoms with Crippen LogP contribution in [-0.4, -0.2) is 4.98 Å². The molecule has 1 aromatic heterocycles. The summed E-state index contributed by atoms with van der Waals surface area (Å²) in [5, 5.41) is 1.02. The molecule has 0 saturated carbocycles. The lowest BCUT2D eigenvalue weighted by molar-refractivity contribution is 1.04. The molecule has 0 aliphatic carbocycles. The Labute approximate surface area is 100 Å². The first-order chi connectivity index (χ1) is 7.76. The van der Waals surface area contributed by atoms with Gasteiger partial charge < -0.3 is 5.73 Å². The number of aromatic nitrogens is 1. The predicted molar refractivity (Wildman–Crippen MR) is 69.6 cm³/mol. The molecule has 16 heavy (non-hydrogen) atoms. The fourth-order valence-electron chi connectivity index (χ4n) is 1.78. The summed E-state index contributed by atoms with van der Waals surface area (Å²) in [6.07, 6.45) is 1.02. The van der Waals surface area contributed by atoms with Crippen LogP contribution in [0.25, 0.3) is 11.3 Å². The minimum Gasteiger partial charge on any atom is -0.325 e. The van der Waals surface area contributed by atoms with Crippen LogP contribution in [0.1, 0.15) is 22.4 Å². The van der Waals surface area contributed by atoms with E-state index < -0.39 is 0 Å². The molecule has 0 spiro atoms. The van der Waals surface area contributed by atoms with Crippen molar-refractivity contribution in [1.29, 1.82) is 0 Å². The average Bonchev–Trinajstić information content (AvgIpc) is 2.72. The van der Waals surface area contributed by atoms with Gasteiger partial charge in [0.15, 0.2) is 0 Å². The van der Waals surface area contributed by atoms with Crippen molar-refractivity contribution in [2.45, 2.75) is 26.8 Å². The first-order valence-electron chi connectivity index (χ1n) is 5.51. The van der Waals surface area contributed by atoms with E-state index in [1.54, 1.807) is 11.3 Å². The van der Waals surface area contributed by atoms with Gasteiger partial charge in [-0.1, -0.05) is 31.2 Å². The Bertz CT molecular complexity index is 488. The zero-order valence-corrected chi connectivity index (χ0v) is 10.5. The number of aryl methyl sites for hydroxylation is 2. The third-order valence-electron chi connectivity index (χ3n) is 2.64. The molecule has 1 aromatic carbocycles. The lowest BCUT2D eigenvalue weighted by Gasteiger charge is -2.03. The Morgan fingerprint density at radius 2 is 2.06 bits per heavy atom. The van der Waals surface area contributed by atoms with E-state index in [1.165, 1.54) is 16.0 Å². The molecule has 0 unspecified atom stereocenters. The summed E-state index contributed by atoms with van der Waals surface area (Å²) >= 11 is 1.73. The number of hydrogen-bond donors (Lipinski definition) is 1. The molecule has 0 bridgehead atoms. The van der Waals surface area contributed by atoms with Crippen LogP contribution < -0.4 is 5.73 Å². The number of rotatable bonds is 3. The van der Waals surface area contributed by atoms with Crippen molar-refractivity contribution in [1.82, 2.24) is 4.98 Å². The van der Waals surface area contributed by atoms with E-state index in [-0.39, 0.29) is 0 Å². The fraction of sp³-hybridized carbons (Fsp3) is 0.308. The molecular weight excluding hydrogens is 216 g/mol. The van der Waals surface area contributed by atoms with Crippen molar-refractivity contribution in [3.05, 3.63) is 39.7 Å². The van der Waals surface area contributed by atoms with Gasteiger partial charge in [0.05, 0.1) is 5.69 Å². The number of nitrogens with zero attached hydrogens (tertiary/aromatic N) is 1. The molecule has 3 heteroatoms. The van der Waals surface area contributed by atoms with E-state index in [4.69, 9.17) is 5.73 Å². The van der Waals surface area contributed by atoms with E-state index in [0.29, 0.717) is 6.54 Å². The van der Waals surface area contributed by atoms with Crippen LogP contribution in [0.15, 0.2) is 24.3 Å². The highest BCUT2D eigenvalue weighted by molar-refractivity contribution is 7.12. The van der Waals surface area contributed by atoms with Crippen molar-refractivity contribution >= 4 is 11.3 Å². The highest BCUT2D eigenvalue weighted by Crippen LogP contribution is 2.30. The van der Waals surface area contributed by atoms with Gasteiger partial charge in [0.2, 0.25) is 0 Å². The van der Waals surface area contributed by atoms with Crippen LogP contribution in [0.5, 0.6) is 0 Å². The minimum atomic E-state index is 0.531. The van der Waals surface area contributed by atoms with Crippen molar-refractivity contribution < 1.29 is 0 Å². The Kier molecular flexibility index (Phi) is 3.36. The maximum Gasteiger partial charge on any atom is 0.107 e. The molecule has 0 fully saturated rings. The lowest BCUT2D eigenvalue weighted by Crippen LogP contribution is -1.94. The van der Waals surface area contributed by atoms with Gasteiger partial charge in [0.25, 0.3) is 0 Å². The van der Waals surface area contributed by atoms with Crippen molar-refractivity contribution in [3.8, 4) is 11.3 Å². The zero-order chi connectivity index (χ0) is 11.5. The Balaban J connectivity index is 2.54. The summed E-state index contributed by atoms with van der Waals surface area (Å²) in [6.45, 7) is 4.81. The van der Waals surface area contributed by atoms with E-state index in [9.17, 15) is 0 Å². The second kappa shape index (κ2) is 4.76. The van der Waals surface area contributed by atoms with Crippen LogP contribution in [0.3, 0.4) is 0 Å². The van der Waals surface area contributed by atoms with Crippen LogP contribution in [0.4, 0.5) is 0 Å².